The van der Waals surface area contributed by atoms with Gasteiger partial charge in [-0.15, -0.1) is 0 Å². The second kappa shape index (κ2) is 8.79. The van der Waals surface area contributed by atoms with Gasteiger partial charge < -0.3 is 14.7 Å². The van der Waals surface area contributed by atoms with E-state index in [1.165, 1.54) is 11.1 Å². The van der Waals surface area contributed by atoms with Gasteiger partial charge in [-0.25, -0.2) is 0 Å². The van der Waals surface area contributed by atoms with Crippen LogP contribution in [0, 0.1) is 0 Å². The zero-order chi connectivity index (χ0) is 17.6. The number of nitrogens with zero attached hydrogens (tertiary/aromatic N) is 2. The number of amides is 1. The molecule has 0 aromatic heterocycles. The number of hydrogen-bond donors (Lipinski definition) is 1. The van der Waals surface area contributed by atoms with Gasteiger partial charge in [-0.05, 0) is 30.4 Å². The summed E-state index contributed by atoms with van der Waals surface area (Å²) in [7, 11) is 0. The van der Waals surface area contributed by atoms with Crippen molar-refractivity contribution in [1.29, 1.82) is 0 Å². The second-order valence-corrected chi connectivity index (χ2v) is 7.10. The van der Waals surface area contributed by atoms with Crippen LogP contribution in [0.2, 0.25) is 0 Å². The van der Waals surface area contributed by atoms with Gasteiger partial charge in [-0.3, -0.25) is 9.69 Å². The maximum Gasteiger partial charge on any atom is 0.222 e. The summed E-state index contributed by atoms with van der Waals surface area (Å²) < 4.78 is 6.05. The summed E-state index contributed by atoms with van der Waals surface area (Å²) in [6, 6.07) is 8.47. The maximum atomic E-state index is 11.7. The highest BCUT2D eigenvalue weighted by Gasteiger charge is 2.24. The summed E-state index contributed by atoms with van der Waals surface area (Å²) in [4.78, 5) is 15.9. The van der Waals surface area contributed by atoms with Gasteiger partial charge in [0.1, 0.15) is 0 Å². The topological polar surface area (TPSA) is 53.0 Å². The van der Waals surface area contributed by atoms with Crippen molar-refractivity contribution in [1.82, 2.24) is 9.80 Å². The molecule has 0 saturated carbocycles. The van der Waals surface area contributed by atoms with E-state index in [1.807, 2.05) is 11.8 Å². The van der Waals surface area contributed by atoms with E-state index >= 15 is 0 Å². The zero-order valence-electron chi connectivity index (χ0n) is 15.2. The highest BCUT2D eigenvalue weighted by molar-refractivity contribution is 5.75. The Morgan fingerprint density at radius 1 is 1.28 bits per heavy atom. The van der Waals surface area contributed by atoms with Crippen LogP contribution in [0.4, 0.5) is 0 Å². The number of benzene rings is 1. The average molecular weight is 346 g/mol. The second-order valence-electron chi connectivity index (χ2n) is 7.10. The molecule has 2 aliphatic rings. The molecule has 1 aromatic carbocycles. The predicted molar refractivity (Wildman–Crippen MR) is 97.4 cm³/mol. The first-order chi connectivity index (χ1) is 12.2. The summed E-state index contributed by atoms with van der Waals surface area (Å²) in [5.41, 5.74) is 2.66. The first kappa shape index (κ1) is 18.4. The number of aryl methyl sites for hydroxylation is 1. The molecular formula is C20H30N2O3. The number of β-amino-alcohol motifs (C(OH)–C–C–N with tert-alkyl or cyclic N) is 1. The minimum Gasteiger partial charge on any atom is -0.389 e. The molecule has 138 valence electrons. The van der Waals surface area contributed by atoms with Gasteiger partial charge in [0.05, 0.1) is 18.8 Å². The molecule has 25 heavy (non-hydrogen) atoms. The number of rotatable bonds is 6. The molecule has 0 radical (unpaired) electrons. The monoisotopic (exact) mass is 346 g/mol. The Morgan fingerprint density at radius 3 is 2.80 bits per heavy atom. The molecule has 0 spiro atoms. The molecule has 0 bridgehead atoms. The Labute approximate surface area is 150 Å². The van der Waals surface area contributed by atoms with Crippen molar-refractivity contribution in [3.63, 3.8) is 0 Å². The molecule has 5 heteroatoms. The van der Waals surface area contributed by atoms with Crippen LogP contribution in [0.1, 0.15) is 43.4 Å². The minimum atomic E-state index is -0.484. The lowest BCUT2D eigenvalue weighted by atomic mass is 9.89. The molecular weight excluding hydrogens is 316 g/mol. The molecule has 1 amide bonds. The Balaban J connectivity index is 1.42. The number of ether oxygens (including phenoxy) is 1. The number of carbonyl (C=O) groups excluding carboxylic acids is 1. The zero-order valence-corrected chi connectivity index (χ0v) is 15.2. The molecule has 1 aliphatic carbocycles. The van der Waals surface area contributed by atoms with E-state index in [2.05, 4.69) is 29.2 Å². The lowest BCUT2D eigenvalue weighted by Gasteiger charge is -2.35. The quantitative estimate of drug-likeness (QED) is 0.856. The van der Waals surface area contributed by atoms with Crippen molar-refractivity contribution in [2.24, 2.45) is 0 Å². The van der Waals surface area contributed by atoms with E-state index in [4.69, 9.17) is 4.74 Å². The lowest BCUT2D eigenvalue weighted by Crippen LogP contribution is -2.50. The maximum absolute atomic E-state index is 11.7. The van der Waals surface area contributed by atoms with Crippen LogP contribution in [0.15, 0.2) is 24.3 Å². The molecule has 3 rings (SSSR count). The lowest BCUT2D eigenvalue weighted by molar-refractivity contribution is -0.132. The van der Waals surface area contributed by atoms with Crippen LogP contribution in [0.5, 0.6) is 0 Å². The third-order valence-corrected chi connectivity index (χ3v) is 5.30. The Kier molecular flexibility index (Phi) is 6.45. The third kappa shape index (κ3) is 4.81. The van der Waals surface area contributed by atoms with Gasteiger partial charge >= 0.3 is 0 Å². The fraction of sp³-hybridized carbons (Fsp3) is 0.650. The Morgan fingerprint density at radius 2 is 2.04 bits per heavy atom. The normalized spacial score (nSPS) is 22.5. The van der Waals surface area contributed by atoms with Crippen molar-refractivity contribution >= 4 is 5.91 Å². The number of fused-ring (bicyclic) bond motifs is 1. The van der Waals surface area contributed by atoms with Gasteiger partial charge in [0.25, 0.3) is 0 Å². The van der Waals surface area contributed by atoms with Gasteiger partial charge in [0.15, 0.2) is 0 Å². The predicted octanol–water partition coefficient (Wildman–Crippen LogP) is 2.00. The van der Waals surface area contributed by atoms with Gasteiger partial charge in [0.2, 0.25) is 5.91 Å². The standard InChI is InChI=1S/C20H30N2O3/c1-2-20(24)22-12-10-21(11-13-22)14-17(23)15-25-19-9-5-7-16-6-3-4-8-18(16)19/h3-4,6,8,17,19,23H,2,5,7,9-15H2,1H3. The van der Waals surface area contributed by atoms with Gasteiger partial charge in [0, 0.05) is 39.1 Å². The molecule has 1 aromatic rings. The van der Waals surface area contributed by atoms with E-state index < -0.39 is 6.10 Å². The number of aliphatic hydroxyl groups excluding tert-OH is 1. The van der Waals surface area contributed by atoms with Crippen molar-refractivity contribution in [2.45, 2.75) is 44.8 Å². The van der Waals surface area contributed by atoms with Crippen LogP contribution in [0.3, 0.4) is 0 Å². The molecule has 1 aliphatic heterocycles. The van der Waals surface area contributed by atoms with Crippen LogP contribution in [-0.2, 0) is 16.0 Å². The van der Waals surface area contributed by atoms with Gasteiger partial charge in [-0.1, -0.05) is 31.2 Å². The summed E-state index contributed by atoms with van der Waals surface area (Å²) in [6.45, 7) is 6.06. The van der Waals surface area contributed by atoms with E-state index in [0.717, 1.165) is 45.4 Å². The largest absolute Gasteiger partial charge is 0.389 e. The first-order valence-corrected chi connectivity index (χ1v) is 9.55. The van der Waals surface area contributed by atoms with E-state index in [9.17, 15) is 9.90 Å². The number of aliphatic hydroxyl groups is 1. The SMILES string of the molecule is CCC(=O)N1CCN(CC(O)COC2CCCc3ccccc32)CC1. The summed E-state index contributed by atoms with van der Waals surface area (Å²) >= 11 is 0. The highest BCUT2D eigenvalue weighted by atomic mass is 16.5. The van der Waals surface area contributed by atoms with Crippen molar-refractivity contribution < 1.29 is 14.6 Å². The molecule has 1 saturated heterocycles. The fourth-order valence-electron chi connectivity index (χ4n) is 3.86. The fourth-order valence-corrected chi connectivity index (χ4v) is 3.86. The van der Waals surface area contributed by atoms with Crippen LogP contribution in [0.25, 0.3) is 0 Å². The van der Waals surface area contributed by atoms with Crippen LogP contribution >= 0.6 is 0 Å². The number of piperazine rings is 1. The molecule has 2 unspecified atom stereocenters. The Bertz CT molecular complexity index is 570. The molecule has 1 fully saturated rings. The summed E-state index contributed by atoms with van der Waals surface area (Å²) in [5.74, 6) is 0.222. The first-order valence-electron chi connectivity index (χ1n) is 9.55. The van der Waals surface area contributed by atoms with E-state index in [-0.39, 0.29) is 12.0 Å². The van der Waals surface area contributed by atoms with E-state index in [1.54, 1.807) is 0 Å². The number of hydrogen-bond acceptors (Lipinski definition) is 4. The number of carbonyl (C=O) groups is 1. The smallest absolute Gasteiger partial charge is 0.222 e. The molecule has 5 nitrogen and oxygen atoms in total. The Hall–Kier alpha value is -1.43. The minimum absolute atomic E-state index is 0.110. The van der Waals surface area contributed by atoms with E-state index in [0.29, 0.717) is 19.6 Å². The third-order valence-electron chi connectivity index (χ3n) is 5.30. The molecule has 1 heterocycles. The average Bonchev–Trinajstić information content (AvgIpc) is 2.66. The highest BCUT2D eigenvalue weighted by Crippen LogP contribution is 2.32. The van der Waals surface area contributed by atoms with Crippen molar-refractivity contribution in [2.75, 3.05) is 39.3 Å². The van der Waals surface area contributed by atoms with Crippen LogP contribution < -0.4 is 0 Å². The van der Waals surface area contributed by atoms with Gasteiger partial charge in [-0.2, -0.15) is 0 Å². The van der Waals surface area contributed by atoms with Crippen molar-refractivity contribution in [3.05, 3.63) is 35.4 Å². The molecule has 1 N–H and O–H groups in total. The van der Waals surface area contributed by atoms with Crippen molar-refractivity contribution in [3.8, 4) is 0 Å². The summed E-state index contributed by atoms with van der Waals surface area (Å²) in [6.07, 6.45) is 3.49. The molecule has 2 atom stereocenters. The van der Waals surface area contributed by atoms with Crippen LogP contribution in [-0.4, -0.2) is 66.2 Å². The summed E-state index contributed by atoms with van der Waals surface area (Å²) in [5, 5.41) is 10.4.